The molecule has 2 aromatic rings. The normalized spacial score (nSPS) is 18.4. The van der Waals surface area contributed by atoms with E-state index in [2.05, 4.69) is 20.2 Å². The van der Waals surface area contributed by atoms with Crippen molar-refractivity contribution in [2.24, 2.45) is 0 Å². The second-order valence-corrected chi connectivity index (χ2v) is 5.42. The standard InChI is InChI=1S/C13H17N7O2/c1-8-4-5-15-12(10(8)20(21)22)19-6-2-3-9(7-19)11-16-13(14)18-17-11/h4-5,9H,2-3,6-7H2,1H3,(H3,14,16,17,18). The molecule has 1 unspecified atom stereocenters. The predicted molar refractivity (Wildman–Crippen MR) is 80.6 cm³/mol. The fraction of sp³-hybridized carbons (Fsp3) is 0.462. The summed E-state index contributed by atoms with van der Waals surface area (Å²) in [4.78, 5) is 21.3. The molecule has 3 rings (SSSR count). The van der Waals surface area contributed by atoms with Crippen molar-refractivity contribution in [1.82, 2.24) is 20.2 Å². The fourth-order valence-electron chi connectivity index (χ4n) is 2.86. The number of rotatable bonds is 3. The lowest BCUT2D eigenvalue weighted by molar-refractivity contribution is -0.384. The summed E-state index contributed by atoms with van der Waals surface area (Å²) in [6.45, 7) is 3.06. The molecule has 0 radical (unpaired) electrons. The highest BCUT2D eigenvalue weighted by Gasteiger charge is 2.29. The molecule has 116 valence electrons. The first-order valence-electron chi connectivity index (χ1n) is 7.09. The lowest BCUT2D eigenvalue weighted by atomic mass is 9.97. The van der Waals surface area contributed by atoms with Crippen LogP contribution < -0.4 is 10.6 Å². The summed E-state index contributed by atoms with van der Waals surface area (Å²) in [5, 5.41) is 18.0. The maximum Gasteiger partial charge on any atom is 0.314 e. The number of anilines is 2. The molecule has 1 aliphatic rings. The van der Waals surface area contributed by atoms with Gasteiger partial charge in [0, 0.05) is 30.8 Å². The van der Waals surface area contributed by atoms with Crippen LogP contribution in [0.1, 0.15) is 30.1 Å². The van der Waals surface area contributed by atoms with Crippen LogP contribution in [0.4, 0.5) is 17.5 Å². The summed E-state index contributed by atoms with van der Waals surface area (Å²) in [5.41, 5.74) is 6.23. The van der Waals surface area contributed by atoms with Crippen molar-refractivity contribution in [2.45, 2.75) is 25.7 Å². The van der Waals surface area contributed by atoms with E-state index >= 15 is 0 Å². The molecule has 1 atom stereocenters. The molecule has 9 heteroatoms. The van der Waals surface area contributed by atoms with Crippen LogP contribution >= 0.6 is 0 Å². The van der Waals surface area contributed by atoms with Gasteiger partial charge in [-0.1, -0.05) is 0 Å². The third kappa shape index (κ3) is 2.57. The minimum absolute atomic E-state index is 0.0697. The monoisotopic (exact) mass is 303 g/mol. The summed E-state index contributed by atoms with van der Waals surface area (Å²) in [5.74, 6) is 1.46. The van der Waals surface area contributed by atoms with Crippen LogP contribution in [0.3, 0.4) is 0 Å². The molecule has 22 heavy (non-hydrogen) atoms. The van der Waals surface area contributed by atoms with Crippen LogP contribution in [0.5, 0.6) is 0 Å². The molecule has 0 saturated carbocycles. The first-order chi connectivity index (χ1) is 10.6. The van der Waals surface area contributed by atoms with E-state index in [9.17, 15) is 10.1 Å². The summed E-state index contributed by atoms with van der Waals surface area (Å²) >= 11 is 0. The lowest BCUT2D eigenvalue weighted by Gasteiger charge is -2.32. The Labute approximate surface area is 126 Å². The fourth-order valence-corrected chi connectivity index (χ4v) is 2.86. The van der Waals surface area contributed by atoms with E-state index in [1.807, 2.05) is 4.90 Å². The molecule has 0 bridgehead atoms. The van der Waals surface area contributed by atoms with Crippen LogP contribution in [0, 0.1) is 17.0 Å². The van der Waals surface area contributed by atoms with Crippen LogP contribution in [0.15, 0.2) is 12.3 Å². The molecular weight excluding hydrogens is 286 g/mol. The van der Waals surface area contributed by atoms with Crippen molar-refractivity contribution in [2.75, 3.05) is 23.7 Å². The van der Waals surface area contributed by atoms with Crippen LogP contribution in [-0.2, 0) is 0 Å². The van der Waals surface area contributed by atoms with E-state index in [0.717, 1.165) is 25.2 Å². The number of nitrogen functional groups attached to an aromatic ring is 1. The van der Waals surface area contributed by atoms with Crippen LogP contribution in [-0.4, -0.2) is 38.2 Å². The Bertz CT molecular complexity index is 699. The quantitative estimate of drug-likeness (QED) is 0.647. The molecule has 2 aromatic heterocycles. The second kappa shape index (κ2) is 5.58. The van der Waals surface area contributed by atoms with Gasteiger partial charge in [-0.2, -0.15) is 4.98 Å². The first-order valence-corrected chi connectivity index (χ1v) is 7.09. The Balaban J connectivity index is 1.89. The SMILES string of the molecule is Cc1ccnc(N2CCCC(c3nc(N)n[nH]3)C2)c1[N+](=O)[O-]. The number of aromatic nitrogens is 4. The zero-order chi connectivity index (χ0) is 15.7. The summed E-state index contributed by atoms with van der Waals surface area (Å²) in [7, 11) is 0. The van der Waals surface area contributed by atoms with E-state index in [1.54, 1.807) is 19.2 Å². The number of hydrogen-bond acceptors (Lipinski definition) is 7. The highest BCUT2D eigenvalue weighted by atomic mass is 16.6. The third-order valence-corrected chi connectivity index (χ3v) is 3.92. The Morgan fingerprint density at radius 2 is 2.36 bits per heavy atom. The highest BCUT2D eigenvalue weighted by Crippen LogP contribution is 2.33. The average molecular weight is 303 g/mol. The summed E-state index contributed by atoms with van der Waals surface area (Å²) in [6, 6.07) is 1.65. The number of nitrogens with two attached hydrogens (primary N) is 1. The van der Waals surface area contributed by atoms with E-state index in [4.69, 9.17) is 5.73 Å². The molecule has 0 amide bonds. The third-order valence-electron chi connectivity index (χ3n) is 3.92. The van der Waals surface area contributed by atoms with Gasteiger partial charge in [-0.05, 0) is 25.8 Å². The Kier molecular flexibility index (Phi) is 3.61. The van der Waals surface area contributed by atoms with Gasteiger partial charge in [-0.3, -0.25) is 15.2 Å². The molecule has 1 aliphatic heterocycles. The number of pyridine rings is 1. The minimum atomic E-state index is -0.367. The molecule has 1 saturated heterocycles. The predicted octanol–water partition coefficient (Wildman–Crippen LogP) is 1.38. The zero-order valence-corrected chi connectivity index (χ0v) is 12.2. The zero-order valence-electron chi connectivity index (χ0n) is 12.2. The van der Waals surface area contributed by atoms with E-state index in [0.29, 0.717) is 17.9 Å². The van der Waals surface area contributed by atoms with Gasteiger partial charge in [0.15, 0.2) is 0 Å². The van der Waals surface area contributed by atoms with Gasteiger partial charge in [0.25, 0.3) is 0 Å². The molecule has 9 nitrogen and oxygen atoms in total. The first kappa shape index (κ1) is 14.2. The Morgan fingerprint density at radius 1 is 1.55 bits per heavy atom. The van der Waals surface area contributed by atoms with Gasteiger partial charge in [0.2, 0.25) is 11.8 Å². The largest absolute Gasteiger partial charge is 0.367 e. The van der Waals surface area contributed by atoms with E-state index < -0.39 is 0 Å². The molecule has 0 aromatic carbocycles. The number of H-pyrrole nitrogens is 1. The van der Waals surface area contributed by atoms with Gasteiger partial charge in [0.05, 0.1) is 4.92 Å². The van der Waals surface area contributed by atoms with Crippen molar-refractivity contribution >= 4 is 17.5 Å². The molecule has 3 heterocycles. The van der Waals surface area contributed by atoms with Crippen molar-refractivity contribution in [1.29, 1.82) is 0 Å². The van der Waals surface area contributed by atoms with Crippen LogP contribution in [0.25, 0.3) is 0 Å². The number of nitrogens with zero attached hydrogens (tertiary/aromatic N) is 5. The smallest absolute Gasteiger partial charge is 0.314 e. The van der Waals surface area contributed by atoms with Gasteiger partial charge >= 0.3 is 5.69 Å². The van der Waals surface area contributed by atoms with Gasteiger partial charge < -0.3 is 10.6 Å². The summed E-state index contributed by atoms with van der Waals surface area (Å²) < 4.78 is 0. The number of aromatic amines is 1. The Morgan fingerprint density at radius 3 is 3.05 bits per heavy atom. The number of hydrogen-bond donors (Lipinski definition) is 2. The van der Waals surface area contributed by atoms with Gasteiger partial charge in [0.1, 0.15) is 5.82 Å². The molecule has 1 fully saturated rings. The van der Waals surface area contributed by atoms with Crippen LogP contribution in [0.2, 0.25) is 0 Å². The van der Waals surface area contributed by atoms with Crippen molar-refractivity contribution in [3.05, 3.63) is 33.8 Å². The highest BCUT2D eigenvalue weighted by molar-refractivity contribution is 5.61. The van der Waals surface area contributed by atoms with E-state index in [1.165, 1.54) is 0 Å². The minimum Gasteiger partial charge on any atom is -0.367 e. The molecule has 0 spiro atoms. The number of nitro groups is 1. The lowest BCUT2D eigenvalue weighted by Crippen LogP contribution is -2.35. The topological polar surface area (TPSA) is 127 Å². The Hall–Kier alpha value is -2.71. The number of nitrogens with one attached hydrogen (secondary N) is 1. The van der Waals surface area contributed by atoms with E-state index in [-0.39, 0.29) is 22.5 Å². The molecule has 0 aliphatic carbocycles. The van der Waals surface area contributed by atoms with Crippen molar-refractivity contribution in [3.63, 3.8) is 0 Å². The van der Waals surface area contributed by atoms with Crippen molar-refractivity contribution in [3.8, 4) is 0 Å². The van der Waals surface area contributed by atoms with Gasteiger partial charge in [-0.25, -0.2) is 4.98 Å². The number of piperidine rings is 1. The molecule has 3 N–H and O–H groups in total. The maximum absolute atomic E-state index is 11.3. The second-order valence-electron chi connectivity index (χ2n) is 5.42. The van der Waals surface area contributed by atoms with Gasteiger partial charge in [-0.15, -0.1) is 5.10 Å². The average Bonchev–Trinajstić information content (AvgIpc) is 2.93. The number of aryl methyl sites for hydroxylation is 1. The maximum atomic E-state index is 11.3. The van der Waals surface area contributed by atoms with Crippen molar-refractivity contribution < 1.29 is 4.92 Å². The molecular formula is C13H17N7O2. The summed E-state index contributed by atoms with van der Waals surface area (Å²) in [6.07, 6.45) is 3.44.